The number of halogens is 1. The molecule has 0 spiro atoms. The van der Waals surface area contributed by atoms with E-state index in [-0.39, 0.29) is 5.91 Å². The molecule has 1 aromatic heterocycles. The van der Waals surface area contributed by atoms with Crippen molar-refractivity contribution in [3.63, 3.8) is 0 Å². The van der Waals surface area contributed by atoms with Gasteiger partial charge in [0, 0.05) is 21.7 Å². The molecule has 0 aliphatic carbocycles. The van der Waals surface area contributed by atoms with Gasteiger partial charge in [0.25, 0.3) is 5.91 Å². The van der Waals surface area contributed by atoms with E-state index in [0.29, 0.717) is 49.9 Å². The first kappa shape index (κ1) is 25.8. The van der Waals surface area contributed by atoms with Crippen molar-refractivity contribution in [1.82, 2.24) is 20.1 Å². The number of amides is 1. The minimum Gasteiger partial charge on any atom is -0.497 e. The Morgan fingerprint density at radius 3 is 2.58 bits per heavy atom. The van der Waals surface area contributed by atoms with E-state index in [1.807, 2.05) is 47.9 Å². The van der Waals surface area contributed by atoms with Gasteiger partial charge in [-0.05, 0) is 59.6 Å². The fourth-order valence-corrected chi connectivity index (χ4v) is 5.06. The first-order chi connectivity index (χ1) is 19.3. The number of aromatic nitrogens is 3. The van der Waals surface area contributed by atoms with Gasteiger partial charge in [0.2, 0.25) is 0 Å². The topological polar surface area (TPSA) is 122 Å². The van der Waals surface area contributed by atoms with Gasteiger partial charge in [-0.1, -0.05) is 54.1 Å². The standard InChI is InChI=1S/C29H23BClN5O4/c1-16-34-35-28-27(33-29(37)23-5-3-4-18-14-19(30(38)39)8-12-22(18)23)32-26(17-6-9-20(31)10-7-17)24-15-21(40-2)11-13-25(24)36(16)28/h3-15,27,38-39H,1-2H3,(H,33,37)/t27-/m0/s1. The normalized spacial score (nSPS) is 14.1. The average Bonchev–Trinajstić information content (AvgIpc) is 3.29. The average molecular weight is 552 g/mol. The Morgan fingerprint density at radius 1 is 1.02 bits per heavy atom. The predicted octanol–water partition coefficient (Wildman–Crippen LogP) is 3.35. The minimum absolute atomic E-state index is 0.336. The summed E-state index contributed by atoms with van der Waals surface area (Å²) in [6.07, 6.45) is -0.883. The van der Waals surface area contributed by atoms with E-state index in [0.717, 1.165) is 16.8 Å². The van der Waals surface area contributed by atoms with E-state index in [4.69, 9.17) is 21.3 Å². The quantitative estimate of drug-likeness (QED) is 0.288. The van der Waals surface area contributed by atoms with Crippen molar-refractivity contribution in [3.05, 3.63) is 112 Å². The Bertz CT molecular complexity index is 1800. The molecular formula is C29H23BClN5O4. The Hall–Kier alpha value is -4.51. The summed E-state index contributed by atoms with van der Waals surface area (Å²) in [6.45, 7) is 1.84. The second-order valence-corrected chi connectivity index (χ2v) is 9.78. The molecular weight excluding hydrogens is 529 g/mol. The SMILES string of the molecule is COc1ccc2c(c1)C(c1ccc(Cl)cc1)=N[C@@H](NC(=O)c1cccc3cc(B(O)O)ccc13)c1nnc(C)n1-2. The van der Waals surface area contributed by atoms with Crippen LogP contribution in [0.1, 0.15) is 39.3 Å². The summed E-state index contributed by atoms with van der Waals surface area (Å²) in [7, 11) is -0.00641. The molecule has 1 aliphatic heterocycles. The molecule has 0 unspecified atom stereocenters. The first-order valence-electron chi connectivity index (χ1n) is 12.5. The molecule has 3 N–H and O–H groups in total. The number of ether oxygens (including phenoxy) is 1. The van der Waals surface area contributed by atoms with Crippen LogP contribution in [0.4, 0.5) is 0 Å². The molecule has 0 fully saturated rings. The monoisotopic (exact) mass is 551 g/mol. The number of nitrogens with one attached hydrogen (secondary N) is 1. The van der Waals surface area contributed by atoms with Crippen LogP contribution < -0.4 is 15.5 Å². The third-order valence-corrected chi connectivity index (χ3v) is 7.14. The van der Waals surface area contributed by atoms with Gasteiger partial charge < -0.3 is 20.1 Å². The lowest BCUT2D eigenvalue weighted by molar-refractivity contribution is 0.0938. The van der Waals surface area contributed by atoms with Crippen LogP contribution in [0.2, 0.25) is 5.02 Å². The van der Waals surface area contributed by atoms with Crippen molar-refractivity contribution in [2.75, 3.05) is 7.11 Å². The summed E-state index contributed by atoms with van der Waals surface area (Å²) in [6, 6.07) is 23.2. The maximum atomic E-state index is 13.8. The van der Waals surface area contributed by atoms with Crippen LogP contribution in [-0.2, 0) is 0 Å². The largest absolute Gasteiger partial charge is 0.497 e. The maximum absolute atomic E-state index is 13.8. The van der Waals surface area contributed by atoms with Gasteiger partial charge in [-0.25, -0.2) is 0 Å². The van der Waals surface area contributed by atoms with Crippen LogP contribution in [-0.4, -0.2) is 50.7 Å². The lowest BCUT2D eigenvalue weighted by atomic mass is 9.79. The number of benzene rings is 4. The highest BCUT2D eigenvalue weighted by Crippen LogP contribution is 2.33. The molecule has 198 valence electrons. The van der Waals surface area contributed by atoms with Gasteiger partial charge in [-0.2, -0.15) is 0 Å². The van der Waals surface area contributed by atoms with Crippen LogP contribution in [0.15, 0.2) is 83.9 Å². The van der Waals surface area contributed by atoms with Crippen molar-refractivity contribution in [1.29, 1.82) is 0 Å². The first-order valence-corrected chi connectivity index (χ1v) is 12.9. The molecule has 4 aromatic carbocycles. The van der Waals surface area contributed by atoms with Crippen LogP contribution >= 0.6 is 11.6 Å². The Balaban J connectivity index is 1.49. The van der Waals surface area contributed by atoms with E-state index in [2.05, 4.69) is 15.5 Å². The van der Waals surface area contributed by atoms with E-state index < -0.39 is 13.3 Å². The summed E-state index contributed by atoms with van der Waals surface area (Å²) in [5, 5.41) is 32.8. The predicted molar refractivity (Wildman–Crippen MR) is 154 cm³/mol. The molecule has 1 aliphatic rings. The van der Waals surface area contributed by atoms with E-state index in [9.17, 15) is 14.8 Å². The summed E-state index contributed by atoms with van der Waals surface area (Å²) in [4.78, 5) is 18.8. The fourth-order valence-electron chi connectivity index (χ4n) is 4.93. The highest BCUT2D eigenvalue weighted by atomic mass is 35.5. The Kier molecular flexibility index (Phi) is 6.59. The van der Waals surface area contributed by atoms with Crippen molar-refractivity contribution in [2.24, 2.45) is 4.99 Å². The molecule has 9 nitrogen and oxygen atoms in total. The van der Waals surface area contributed by atoms with Gasteiger partial charge >= 0.3 is 7.12 Å². The molecule has 0 bridgehead atoms. The number of carbonyl (C=O) groups is 1. The van der Waals surface area contributed by atoms with Crippen molar-refractivity contribution in [3.8, 4) is 11.4 Å². The molecule has 6 rings (SSSR count). The molecule has 0 saturated heterocycles. The molecule has 11 heteroatoms. The lowest BCUT2D eigenvalue weighted by Gasteiger charge is -2.16. The number of nitrogens with zero attached hydrogens (tertiary/aromatic N) is 4. The number of aryl methyl sites for hydroxylation is 1. The summed E-state index contributed by atoms with van der Waals surface area (Å²) in [5.74, 6) is 1.36. The van der Waals surface area contributed by atoms with Crippen molar-refractivity contribution >= 4 is 46.6 Å². The van der Waals surface area contributed by atoms with Crippen LogP contribution in [0, 0.1) is 6.92 Å². The molecule has 1 atom stereocenters. The molecule has 0 saturated carbocycles. The Morgan fingerprint density at radius 2 is 1.82 bits per heavy atom. The van der Waals surface area contributed by atoms with E-state index in [1.54, 1.807) is 49.6 Å². The second kappa shape index (κ2) is 10.2. The summed E-state index contributed by atoms with van der Waals surface area (Å²) in [5.41, 5.74) is 3.75. The number of hydrogen-bond acceptors (Lipinski definition) is 7. The summed E-state index contributed by atoms with van der Waals surface area (Å²) >= 11 is 6.18. The molecule has 0 radical (unpaired) electrons. The van der Waals surface area contributed by atoms with Gasteiger partial charge in [0.05, 0.1) is 18.5 Å². The number of aliphatic imine (C=N–C) groups is 1. The zero-order chi connectivity index (χ0) is 28.0. The van der Waals surface area contributed by atoms with Crippen LogP contribution in [0.3, 0.4) is 0 Å². The van der Waals surface area contributed by atoms with Crippen LogP contribution in [0.5, 0.6) is 5.75 Å². The van der Waals surface area contributed by atoms with Gasteiger partial charge in [-0.15, -0.1) is 10.2 Å². The smallest absolute Gasteiger partial charge is 0.488 e. The van der Waals surface area contributed by atoms with Gasteiger partial charge in [-0.3, -0.25) is 14.4 Å². The Labute approximate surface area is 234 Å². The molecule has 5 aromatic rings. The zero-order valence-electron chi connectivity index (χ0n) is 21.5. The maximum Gasteiger partial charge on any atom is 0.488 e. The number of rotatable bonds is 5. The van der Waals surface area contributed by atoms with Gasteiger partial charge in [0.15, 0.2) is 12.0 Å². The third-order valence-electron chi connectivity index (χ3n) is 6.89. The van der Waals surface area contributed by atoms with E-state index in [1.165, 1.54) is 0 Å². The second-order valence-electron chi connectivity index (χ2n) is 9.34. The van der Waals surface area contributed by atoms with E-state index >= 15 is 0 Å². The van der Waals surface area contributed by atoms with Gasteiger partial charge in [0.1, 0.15) is 11.6 Å². The number of hydrogen-bond donors (Lipinski definition) is 3. The van der Waals surface area contributed by atoms with Crippen LogP contribution in [0.25, 0.3) is 16.5 Å². The number of fused-ring (bicyclic) bond motifs is 4. The minimum atomic E-state index is -1.61. The van der Waals surface area contributed by atoms with Crippen molar-refractivity contribution in [2.45, 2.75) is 13.1 Å². The highest BCUT2D eigenvalue weighted by Gasteiger charge is 2.30. The lowest BCUT2D eigenvalue weighted by Crippen LogP contribution is -2.30. The third kappa shape index (κ3) is 4.52. The highest BCUT2D eigenvalue weighted by molar-refractivity contribution is 6.59. The zero-order valence-corrected chi connectivity index (χ0v) is 22.3. The molecule has 1 amide bonds. The number of methoxy groups -OCH3 is 1. The molecule has 2 heterocycles. The number of carbonyl (C=O) groups excluding carboxylic acids is 1. The summed E-state index contributed by atoms with van der Waals surface area (Å²) < 4.78 is 7.40. The van der Waals surface area contributed by atoms with Crippen molar-refractivity contribution < 1.29 is 19.6 Å². The fraction of sp³-hybridized carbons (Fsp3) is 0.103. The molecule has 40 heavy (non-hydrogen) atoms.